The van der Waals surface area contributed by atoms with E-state index in [1.165, 1.54) is 22.2 Å². The Kier molecular flexibility index (Phi) is 3.86. The fourth-order valence-corrected chi connectivity index (χ4v) is 3.05. The van der Waals surface area contributed by atoms with Crippen molar-refractivity contribution in [3.05, 3.63) is 47.3 Å². The average Bonchev–Trinajstić information content (AvgIpc) is 3.30. The number of thiazole rings is 1. The lowest BCUT2D eigenvalue weighted by Gasteiger charge is -2.07. The molecule has 0 fully saturated rings. The number of rotatable bonds is 3. The van der Waals surface area contributed by atoms with Crippen LogP contribution in [0.5, 0.6) is 5.88 Å². The molecule has 126 valence electrons. The van der Waals surface area contributed by atoms with E-state index in [1.54, 1.807) is 31.6 Å². The molecule has 1 amide bonds. The summed E-state index contributed by atoms with van der Waals surface area (Å²) in [5.74, 6) is 0.173. The molecule has 0 aliphatic rings. The summed E-state index contributed by atoms with van der Waals surface area (Å²) in [7, 11) is 1.63. The standard InChI is InChI=1S/C15H11ClN6O2S/c1-21-14(10(16)7-18-21)24-15(23)19-9-2-4-22-8-11(20-12(22)6-9)13-17-3-5-25-13/h2-8H,1H3,(H,19,23). The highest BCUT2D eigenvalue weighted by Crippen LogP contribution is 2.24. The monoisotopic (exact) mass is 374 g/mol. The SMILES string of the molecule is Cn1ncc(Cl)c1OC(=O)Nc1ccn2cc(-c3nccs3)nc2c1. The number of imidazole rings is 1. The highest BCUT2D eigenvalue weighted by Gasteiger charge is 2.14. The quantitative estimate of drug-likeness (QED) is 0.593. The van der Waals surface area contributed by atoms with Gasteiger partial charge in [-0.3, -0.25) is 5.32 Å². The Balaban J connectivity index is 1.54. The molecule has 0 unspecified atom stereocenters. The summed E-state index contributed by atoms with van der Waals surface area (Å²) < 4.78 is 8.41. The Morgan fingerprint density at radius 3 is 3.04 bits per heavy atom. The van der Waals surface area contributed by atoms with E-state index in [-0.39, 0.29) is 10.9 Å². The van der Waals surface area contributed by atoms with Gasteiger partial charge in [0.1, 0.15) is 21.4 Å². The van der Waals surface area contributed by atoms with Crippen molar-refractivity contribution in [1.29, 1.82) is 0 Å². The topological polar surface area (TPSA) is 86.3 Å². The summed E-state index contributed by atoms with van der Waals surface area (Å²) >= 11 is 7.43. The third-order valence-electron chi connectivity index (χ3n) is 3.39. The van der Waals surface area contributed by atoms with Gasteiger partial charge in [0.05, 0.1) is 6.20 Å². The molecule has 4 heterocycles. The molecule has 0 radical (unpaired) electrons. The normalized spacial score (nSPS) is 11.0. The summed E-state index contributed by atoms with van der Waals surface area (Å²) in [6, 6.07) is 3.48. The van der Waals surface area contributed by atoms with Crippen LogP contribution in [0.2, 0.25) is 5.02 Å². The lowest BCUT2D eigenvalue weighted by molar-refractivity contribution is 0.211. The number of hydrogen-bond donors (Lipinski definition) is 1. The molecule has 4 rings (SSSR count). The number of nitrogens with zero attached hydrogens (tertiary/aromatic N) is 5. The summed E-state index contributed by atoms with van der Waals surface area (Å²) in [6.07, 6.45) is 6.15. The Labute approximate surface area is 150 Å². The Hall–Kier alpha value is -2.91. The maximum absolute atomic E-state index is 12.0. The first-order chi connectivity index (χ1) is 12.1. The molecule has 0 aromatic carbocycles. The van der Waals surface area contributed by atoms with Gasteiger partial charge in [-0.25, -0.2) is 19.4 Å². The summed E-state index contributed by atoms with van der Waals surface area (Å²) in [5, 5.41) is 9.54. The fourth-order valence-electron chi connectivity index (χ4n) is 2.26. The zero-order valence-corrected chi connectivity index (χ0v) is 14.5. The van der Waals surface area contributed by atoms with Crippen molar-refractivity contribution in [2.45, 2.75) is 0 Å². The van der Waals surface area contributed by atoms with Crippen LogP contribution in [-0.4, -0.2) is 30.2 Å². The van der Waals surface area contributed by atoms with Crippen molar-refractivity contribution in [3.8, 4) is 16.6 Å². The van der Waals surface area contributed by atoms with Crippen LogP contribution in [0.3, 0.4) is 0 Å². The number of anilines is 1. The molecule has 4 aromatic rings. The van der Waals surface area contributed by atoms with Gasteiger partial charge in [-0.2, -0.15) is 5.10 Å². The average molecular weight is 375 g/mol. The third kappa shape index (κ3) is 3.06. The van der Waals surface area contributed by atoms with Gasteiger partial charge in [0, 0.05) is 42.8 Å². The van der Waals surface area contributed by atoms with Crippen molar-refractivity contribution in [1.82, 2.24) is 24.1 Å². The van der Waals surface area contributed by atoms with E-state index < -0.39 is 6.09 Å². The predicted molar refractivity (Wildman–Crippen MR) is 94.2 cm³/mol. The van der Waals surface area contributed by atoms with Crippen molar-refractivity contribution in [3.63, 3.8) is 0 Å². The smallest absolute Gasteiger partial charge is 0.390 e. The van der Waals surface area contributed by atoms with Gasteiger partial charge < -0.3 is 9.14 Å². The van der Waals surface area contributed by atoms with Gasteiger partial charge in [-0.1, -0.05) is 11.6 Å². The summed E-state index contributed by atoms with van der Waals surface area (Å²) in [4.78, 5) is 20.8. The number of fused-ring (bicyclic) bond motifs is 1. The van der Waals surface area contributed by atoms with E-state index in [0.717, 1.165) is 10.7 Å². The molecule has 0 atom stereocenters. The Morgan fingerprint density at radius 1 is 1.44 bits per heavy atom. The van der Waals surface area contributed by atoms with Gasteiger partial charge in [0.2, 0.25) is 5.88 Å². The van der Waals surface area contributed by atoms with Crippen molar-refractivity contribution >= 4 is 40.4 Å². The number of carbonyl (C=O) groups excluding carboxylic acids is 1. The second-order valence-electron chi connectivity index (χ2n) is 5.08. The molecule has 0 aliphatic heterocycles. The number of aromatic nitrogens is 5. The highest BCUT2D eigenvalue weighted by molar-refractivity contribution is 7.13. The highest BCUT2D eigenvalue weighted by atomic mass is 35.5. The molecular formula is C15H11ClN6O2S. The summed E-state index contributed by atoms with van der Waals surface area (Å²) in [5.41, 5.74) is 2.00. The van der Waals surface area contributed by atoms with Crippen molar-refractivity contribution in [2.24, 2.45) is 7.05 Å². The molecule has 0 saturated carbocycles. The maximum atomic E-state index is 12.0. The first-order valence-corrected chi connectivity index (χ1v) is 8.41. The first-order valence-electron chi connectivity index (χ1n) is 7.15. The summed E-state index contributed by atoms with van der Waals surface area (Å²) in [6.45, 7) is 0. The number of amides is 1. The van der Waals surface area contributed by atoms with Crippen LogP contribution in [-0.2, 0) is 7.05 Å². The van der Waals surface area contributed by atoms with Gasteiger partial charge in [-0.05, 0) is 6.07 Å². The largest absolute Gasteiger partial charge is 0.418 e. The maximum Gasteiger partial charge on any atom is 0.418 e. The van der Waals surface area contributed by atoms with Gasteiger partial charge in [0.25, 0.3) is 0 Å². The molecule has 0 saturated heterocycles. The van der Waals surface area contributed by atoms with Crippen LogP contribution >= 0.6 is 22.9 Å². The van der Waals surface area contributed by atoms with Crippen LogP contribution in [0, 0.1) is 0 Å². The number of ether oxygens (including phenoxy) is 1. The van der Waals surface area contributed by atoms with Crippen molar-refractivity contribution in [2.75, 3.05) is 5.32 Å². The zero-order chi connectivity index (χ0) is 17.4. The van der Waals surface area contributed by atoms with Crippen LogP contribution < -0.4 is 10.1 Å². The molecule has 8 nitrogen and oxygen atoms in total. The Morgan fingerprint density at radius 2 is 2.32 bits per heavy atom. The minimum atomic E-state index is -0.665. The van der Waals surface area contributed by atoms with Crippen LogP contribution in [0.1, 0.15) is 0 Å². The Bertz CT molecular complexity index is 1040. The number of pyridine rings is 1. The second kappa shape index (κ2) is 6.19. The van der Waals surface area contributed by atoms with Crippen LogP contribution in [0.15, 0.2) is 42.3 Å². The van der Waals surface area contributed by atoms with Crippen LogP contribution in [0.4, 0.5) is 10.5 Å². The second-order valence-corrected chi connectivity index (χ2v) is 6.38. The van der Waals surface area contributed by atoms with Crippen LogP contribution in [0.25, 0.3) is 16.3 Å². The zero-order valence-electron chi connectivity index (χ0n) is 12.9. The number of nitrogens with one attached hydrogen (secondary N) is 1. The molecule has 4 aromatic heterocycles. The van der Waals surface area contributed by atoms with Crippen molar-refractivity contribution < 1.29 is 9.53 Å². The third-order valence-corrected chi connectivity index (χ3v) is 4.44. The first kappa shape index (κ1) is 15.6. The lowest BCUT2D eigenvalue weighted by atomic mass is 10.4. The minimum absolute atomic E-state index is 0.173. The molecule has 0 bridgehead atoms. The number of halogens is 1. The molecule has 10 heteroatoms. The van der Waals surface area contributed by atoms with E-state index >= 15 is 0 Å². The van der Waals surface area contributed by atoms with E-state index in [0.29, 0.717) is 11.3 Å². The lowest BCUT2D eigenvalue weighted by Crippen LogP contribution is -2.18. The molecule has 1 N–H and O–H groups in total. The fraction of sp³-hybridized carbons (Fsp3) is 0.0667. The minimum Gasteiger partial charge on any atom is -0.390 e. The molecular weight excluding hydrogens is 364 g/mol. The molecule has 0 aliphatic carbocycles. The van der Waals surface area contributed by atoms with Gasteiger partial charge in [-0.15, -0.1) is 11.3 Å². The van der Waals surface area contributed by atoms with E-state index in [4.69, 9.17) is 16.3 Å². The van der Waals surface area contributed by atoms with E-state index in [1.807, 2.05) is 16.0 Å². The van der Waals surface area contributed by atoms with E-state index in [2.05, 4.69) is 20.4 Å². The predicted octanol–water partition coefficient (Wildman–Crippen LogP) is 3.46. The van der Waals surface area contributed by atoms with Gasteiger partial charge >= 0.3 is 6.09 Å². The van der Waals surface area contributed by atoms with Gasteiger partial charge in [0.15, 0.2) is 0 Å². The molecule has 25 heavy (non-hydrogen) atoms. The molecule has 0 spiro atoms. The van der Waals surface area contributed by atoms with E-state index in [9.17, 15) is 4.79 Å². The number of hydrogen-bond acceptors (Lipinski definition) is 6. The number of carbonyl (C=O) groups is 1. The number of aryl methyl sites for hydroxylation is 1.